The minimum atomic E-state index is -0.846. The van der Waals surface area contributed by atoms with Crippen LogP contribution in [0.2, 0.25) is 0 Å². The Morgan fingerprint density at radius 2 is 2.26 bits per heavy atom. The number of rotatable bonds is 2. The molecule has 2 aromatic rings. The summed E-state index contributed by atoms with van der Waals surface area (Å²) in [6, 6.07) is 8.08. The summed E-state index contributed by atoms with van der Waals surface area (Å²) < 4.78 is 5.83. The molecule has 0 aliphatic carbocycles. The number of fused-ring (bicyclic) bond motifs is 3. The second-order valence-corrected chi connectivity index (χ2v) is 5.47. The summed E-state index contributed by atoms with van der Waals surface area (Å²) in [5.41, 5.74) is 2.38. The zero-order valence-corrected chi connectivity index (χ0v) is 11.1. The van der Waals surface area contributed by atoms with E-state index in [0.29, 0.717) is 6.61 Å². The molecule has 1 aliphatic heterocycles. The van der Waals surface area contributed by atoms with Crippen molar-refractivity contribution in [1.29, 1.82) is 0 Å². The van der Waals surface area contributed by atoms with Gasteiger partial charge in [0.2, 0.25) is 0 Å². The van der Waals surface area contributed by atoms with Gasteiger partial charge in [0.25, 0.3) is 0 Å². The molecule has 1 aromatic heterocycles. The van der Waals surface area contributed by atoms with Gasteiger partial charge in [0.1, 0.15) is 5.60 Å². The van der Waals surface area contributed by atoms with Crippen molar-refractivity contribution in [3.8, 4) is 0 Å². The lowest BCUT2D eigenvalue weighted by Crippen LogP contribution is -2.36. The number of carboxylic acid groups (broad SMARTS) is 1. The molecule has 0 amide bonds. The van der Waals surface area contributed by atoms with Crippen LogP contribution in [0.4, 0.5) is 0 Å². The molecule has 4 nitrogen and oxygen atoms in total. The standard InChI is InChI=1S/C15H17NO3/c1-9-8-19-15(2,7-12(17)18)14-13(9)10-5-3-4-6-11(10)16-14/h3-6,9,16H,7-8H2,1-2H3,(H,17,18). The Morgan fingerprint density at radius 3 is 3.00 bits per heavy atom. The Kier molecular flexibility index (Phi) is 2.64. The molecule has 100 valence electrons. The fourth-order valence-corrected chi connectivity index (χ4v) is 2.99. The molecule has 0 fully saturated rings. The Bertz CT molecular complexity index is 646. The quantitative estimate of drug-likeness (QED) is 0.871. The number of aliphatic carboxylic acids is 1. The molecule has 1 aliphatic rings. The maximum Gasteiger partial charge on any atom is 0.306 e. The summed E-state index contributed by atoms with van der Waals surface area (Å²) >= 11 is 0. The molecule has 0 radical (unpaired) electrons. The number of aromatic amines is 1. The van der Waals surface area contributed by atoms with Crippen LogP contribution in [-0.4, -0.2) is 22.7 Å². The fourth-order valence-electron chi connectivity index (χ4n) is 2.99. The predicted molar refractivity (Wildman–Crippen MR) is 72.3 cm³/mol. The van der Waals surface area contributed by atoms with Crippen LogP contribution in [0.3, 0.4) is 0 Å². The van der Waals surface area contributed by atoms with Crippen molar-refractivity contribution < 1.29 is 14.6 Å². The van der Waals surface area contributed by atoms with E-state index in [4.69, 9.17) is 9.84 Å². The van der Waals surface area contributed by atoms with Gasteiger partial charge in [0, 0.05) is 16.8 Å². The van der Waals surface area contributed by atoms with Gasteiger partial charge in [-0.25, -0.2) is 0 Å². The second kappa shape index (κ2) is 4.10. The average molecular weight is 259 g/mol. The topological polar surface area (TPSA) is 62.3 Å². The van der Waals surface area contributed by atoms with Gasteiger partial charge in [-0.3, -0.25) is 4.79 Å². The molecule has 4 heteroatoms. The molecule has 0 spiro atoms. The molecule has 2 heterocycles. The van der Waals surface area contributed by atoms with Crippen molar-refractivity contribution >= 4 is 16.9 Å². The minimum Gasteiger partial charge on any atom is -0.481 e. The van der Waals surface area contributed by atoms with Gasteiger partial charge in [-0.15, -0.1) is 0 Å². The number of nitrogens with one attached hydrogen (secondary N) is 1. The van der Waals surface area contributed by atoms with E-state index in [1.165, 1.54) is 10.9 Å². The van der Waals surface area contributed by atoms with Gasteiger partial charge in [-0.1, -0.05) is 25.1 Å². The molecule has 19 heavy (non-hydrogen) atoms. The van der Waals surface area contributed by atoms with Crippen LogP contribution in [-0.2, 0) is 15.1 Å². The van der Waals surface area contributed by atoms with Gasteiger partial charge < -0.3 is 14.8 Å². The Balaban J connectivity index is 2.23. The van der Waals surface area contributed by atoms with Gasteiger partial charge in [0.15, 0.2) is 0 Å². The number of carbonyl (C=O) groups is 1. The third-order valence-corrected chi connectivity index (χ3v) is 3.91. The van der Waals surface area contributed by atoms with E-state index < -0.39 is 11.6 Å². The van der Waals surface area contributed by atoms with E-state index in [2.05, 4.69) is 18.0 Å². The van der Waals surface area contributed by atoms with Crippen molar-refractivity contribution in [2.75, 3.05) is 6.61 Å². The minimum absolute atomic E-state index is 0.0282. The summed E-state index contributed by atoms with van der Waals surface area (Å²) in [5, 5.41) is 10.3. The number of para-hydroxylation sites is 1. The predicted octanol–water partition coefficient (Wildman–Crippen LogP) is 2.99. The van der Waals surface area contributed by atoms with Crippen LogP contribution in [0, 0.1) is 0 Å². The normalized spacial score (nSPS) is 26.3. The number of hydrogen-bond donors (Lipinski definition) is 2. The first-order chi connectivity index (χ1) is 9.01. The second-order valence-electron chi connectivity index (χ2n) is 5.47. The number of hydrogen-bond acceptors (Lipinski definition) is 2. The molecule has 0 bridgehead atoms. The molecule has 0 saturated carbocycles. The summed E-state index contributed by atoms with van der Waals surface area (Å²) in [6.45, 7) is 4.51. The zero-order valence-electron chi connectivity index (χ0n) is 11.1. The summed E-state index contributed by atoms with van der Waals surface area (Å²) in [6.07, 6.45) is -0.0282. The Hall–Kier alpha value is -1.81. The van der Waals surface area contributed by atoms with Crippen molar-refractivity contribution in [3.63, 3.8) is 0 Å². The highest BCUT2D eigenvalue weighted by Crippen LogP contribution is 2.43. The Labute approximate surface area is 111 Å². The highest BCUT2D eigenvalue weighted by Gasteiger charge is 2.40. The van der Waals surface area contributed by atoms with Crippen molar-refractivity contribution in [2.24, 2.45) is 0 Å². The fraction of sp³-hybridized carbons (Fsp3) is 0.400. The maximum absolute atomic E-state index is 11.1. The number of H-pyrrole nitrogens is 1. The lowest BCUT2D eigenvalue weighted by atomic mass is 9.85. The van der Waals surface area contributed by atoms with Gasteiger partial charge in [-0.2, -0.15) is 0 Å². The van der Waals surface area contributed by atoms with E-state index in [0.717, 1.165) is 11.2 Å². The summed E-state index contributed by atoms with van der Waals surface area (Å²) in [5.74, 6) is -0.574. The average Bonchev–Trinajstić information content (AvgIpc) is 2.74. The zero-order chi connectivity index (χ0) is 13.6. The van der Waals surface area contributed by atoms with Crippen molar-refractivity contribution in [1.82, 2.24) is 4.98 Å². The molecular formula is C15H17NO3. The SMILES string of the molecule is CC1COC(C)(CC(=O)O)c2[nH]c3ccccc3c21. The third-order valence-electron chi connectivity index (χ3n) is 3.91. The highest BCUT2D eigenvalue weighted by molar-refractivity contribution is 5.86. The number of benzene rings is 1. The lowest BCUT2D eigenvalue weighted by molar-refractivity contribution is -0.147. The van der Waals surface area contributed by atoms with E-state index >= 15 is 0 Å². The van der Waals surface area contributed by atoms with Crippen molar-refractivity contribution in [3.05, 3.63) is 35.5 Å². The molecule has 1 aromatic carbocycles. The molecular weight excluding hydrogens is 242 g/mol. The van der Waals surface area contributed by atoms with Crippen molar-refractivity contribution in [2.45, 2.75) is 31.8 Å². The van der Waals surface area contributed by atoms with Gasteiger partial charge in [0.05, 0.1) is 18.7 Å². The van der Waals surface area contributed by atoms with Crippen LogP contribution < -0.4 is 0 Å². The first kappa shape index (κ1) is 12.2. The lowest BCUT2D eigenvalue weighted by Gasteiger charge is -2.35. The van der Waals surface area contributed by atoms with E-state index in [1.54, 1.807) is 0 Å². The monoisotopic (exact) mass is 259 g/mol. The smallest absolute Gasteiger partial charge is 0.306 e. The van der Waals surface area contributed by atoms with Gasteiger partial charge >= 0.3 is 5.97 Å². The third kappa shape index (κ3) is 1.83. The maximum atomic E-state index is 11.1. The summed E-state index contributed by atoms with van der Waals surface area (Å²) in [4.78, 5) is 14.4. The number of ether oxygens (including phenoxy) is 1. The number of carboxylic acids is 1. The van der Waals surface area contributed by atoms with Gasteiger partial charge in [-0.05, 0) is 18.6 Å². The molecule has 2 atom stereocenters. The van der Waals surface area contributed by atoms with Crippen LogP contribution in [0.15, 0.2) is 24.3 Å². The van der Waals surface area contributed by atoms with Crippen LogP contribution in [0.1, 0.15) is 37.4 Å². The molecule has 2 unspecified atom stereocenters. The largest absolute Gasteiger partial charge is 0.481 e. The number of aromatic nitrogens is 1. The first-order valence-electron chi connectivity index (χ1n) is 6.48. The van der Waals surface area contributed by atoms with E-state index in [9.17, 15) is 4.79 Å². The highest BCUT2D eigenvalue weighted by atomic mass is 16.5. The first-order valence-corrected chi connectivity index (χ1v) is 6.48. The van der Waals surface area contributed by atoms with E-state index in [1.807, 2.05) is 25.1 Å². The van der Waals surface area contributed by atoms with Crippen LogP contribution >= 0.6 is 0 Å². The van der Waals surface area contributed by atoms with E-state index in [-0.39, 0.29) is 12.3 Å². The van der Waals surface area contributed by atoms with Crippen LogP contribution in [0.25, 0.3) is 10.9 Å². The van der Waals surface area contributed by atoms with Crippen LogP contribution in [0.5, 0.6) is 0 Å². The molecule has 2 N–H and O–H groups in total. The Morgan fingerprint density at radius 1 is 1.53 bits per heavy atom. The molecule has 3 rings (SSSR count). The summed E-state index contributed by atoms with van der Waals surface area (Å²) in [7, 11) is 0. The molecule has 0 saturated heterocycles.